The van der Waals surface area contributed by atoms with Gasteiger partial charge in [0.15, 0.2) is 0 Å². The van der Waals surface area contributed by atoms with E-state index in [1.807, 2.05) is 6.20 Å². The molecule has 3 heteroatoms. The van der Waals surface area contributed by atoms with Crippen LogP contribution in [0, 0.1) is 6.92 Å². The van der Waals surface area contributed by atoms with Gasteiger partial charge in [0.2, 0.25) is 0 Å². The van der Waals surface area contributed by atoms with E-state index in [0.29, 0.717) is 0 Å². The van der Waals surface area contributed by atoms with Crippen LogP contribution in [-0.4, -0.2) is 10.5 Å². The van der Waals surface area contributed by atoms with Crippen molar-refractivity contribution in [1.82, 2.24) is 4.98 Å². The van der Waals surface area contributed by atoms with Crippen molar-refractivity contribution in [3.63, 3.8) is 0 Å². The first-order valence-corrected chi connectivity index (χ1v) is 6.29. The van der Waals surface area contributed by atoms with E-state index in [0.717, 1.165) is 10.3 Å². The number of rotatable bonds is 2. The van der Waals surface area contributed by atoms with Gasteiger partial charge in [-0.3, -0.25) is 0 Å². The van der Waals surface area contributed by atoms with Crippen molar-refractivity contribution in [1.29, 1.82) is 0 Å². The second-order valence-corrected chi connectivity index (χ2v) is 5.59. The van der Waals surface area contributed by atoms with E-state index >= 15 is 0 Å². The molecule has 1 N–H and O–H groups in total. The van der Waals surface area contributed by atoms with Crippen molar-refractivity contribution in [2.75, 3.05) is 5.32 Å². The highest BCUT2D eigenvalue weighted by Crippen LogP contribution is 2.34. The molecule has 0 spiro atoms. The predicted octanol–water partition coefficient (Wildman–Crippen LogP) is 3.90. The summed E-state index contributed by atoms with van der Waals surface area (Å²) >= 11 is 3.55. The van der Waals surface area contributed by atoms with Crippen LogP contribution in [-0.2, 0) is 0 Å². The number of aryl methyl sites for hydroxylation is 1. The molecule has 1 aliphatic rings. The Labute approximate surface area is 99.6 Å². The molecule has 0 unspecified atom stereocenters. The largest absolute Gasteiger partial charge is 0.364 e. The molecular weight excluding hydrogens is 252 g/mol. The van der Waals surface area contributed by atoms with E-state index in [9.17, 15) is 0 Å². The SMILES string of the molecule is Cc1cnc(NC2(C)CCCC2)c(Br)c1. The molecule has 1 fully saturated rings. The summed E-state index contributed by atoms with van der Waals surface area (Å²) in [4.78, 5) is 4.43. The first kappa shape index (κ1) is 10.9. The molecule has 1 aromatic heterocycles. The van der Waals surface area contributed by atoms with Crippen molar-refractivity contribution in [3.8, 4) is 0 Å². The van der Waals surface area contributed by atoms with E-state index in [1.165, 1.54) is 31.2 Å². The van der Waals surface area contributed by atoms with Gasteiger partial charge in [0.25, 0.3) is 0 Å². The van der Waals surface area contributed by atoms with Crippen LogP contribution < -0.4 is 5.32 Å². The molecule has 2 nitrogen and oxygen atoms in total. The minimum Gasteiger partial charge on any atom is -0.364 e. The molecule has 15 heavy (non-hydrogen) atoms. The van der Waals surface area contributed by atoms with Gasteiger partial charge >= 0.3 is 0 Å². The Balaban J connectivity index is 2.16. The summed E-state index contributed by atoms with van der Waals surface area (Å²) in [7, 11) is 0. The van der Waals surface area contributed by atoms with Gasteiger partial charge in [-0.2, -0.15) is 0 Å². The number of anilines is 1. The van der Waals surface area contributed by atoms with Crippen LogP contribution in [0.3, 0.4) is 0 Å². The highest BCUT2D eigenvalue weighted by atomic mass is 79.9. The Hall–Kier alpha value is -0.570. The Morgan fingerprint density at radius 3 is 2.67 bits per heavy atom. The van der Waals surface area contributed by atoms with Crippen molar-refractivity contribution < 1.29 is 0 Å². The second kappa shape index (κ2) is 4.12. The third-order valence-corrected chi connectivity index (χ3v) is 3.71. The second-order valence-electron chi connectivity index (χ2n) is 4.74. The lowest BCUT2D eigenvalue weighted by Crippen LogP contribution is -2.31. The molecule has 0 aliphatic heterocycles. The molecule has 2 rings (SSSR count). The van der Waals surface area contributed by atoms with Gasteiger partial charge in [-0.1, -0.05) is 12.8 Å². The van der Waals surface area contributed by atoms with Crippen LogP contribution in [0.5, 0.6) is 0 Å². The highest BCUT2D eigenvalue weighted by molar-refractivity contribution is 9.10. The number of nitrogens with zero attached hydrogens (tertiary/aromatic N) is 1. The van der Waals surface area contributed by atoms with Crippen LogP contribution in [0.4, 0.5) is 5.82 Å². The molecule has 1 aromatic rings. The maximum absolute atomic E-state index is 4.43. The number of pyridine rings is 1. The molecule has 1 aliphatic carbocycles. The van der Waals surface area contributed by atoms with Crippen molar-refractivity contribution in [2.45, 2.75) is 45.1 Å². The topological polar surface area (TPSA) is 24.9 Å². The smallest absolute Gasteiger partial charge is 0.140 e. The zero-order valence-electron chi connectivity index (χ0n) is 9.31. The van der Waals surface area contributed by atoms with Gasteiger partial charge in [-0.25, -0.2) is 4.98 Å². The molecule has 0 bridgehead atoms. The van der Waals surface area contributed by atoms with Crippen molar-refractivity contribution >= 4 is 21.7 Å². The third kappa shape index (κ3) is 2.51. The lowest BCUT2D eigenvalue weighted by molar-refractivity contribution is 0.530. The number of aromatic nitrogens is 1. The zero-order valence-corrected chi connectivity index (χ0v) is 10.9. The summed E-state index contributed by atoms with van der Waals surface area (Å²) in [5.41, 5.74) is 1.43. The number of hydrogen-bond donors (Lipinski definition) is 1. The van der Waals surface area contributed by atoms with Crippen LogP contribution in [0.1, 0.15) is 38.2 Å². The van der Waals surface area contributed by atoms with Gasteiger partial charge in [0, 0.05) is 11.7 Å². The van der Waals surface area contributed by atoms with E-state index in [1.54, 1.807) is 0 Å². The third-order valence-electron chi connectivity index (χ3n) is 3.11. The molecule has 0 aromatic carbocycles. The van der Waals surface area contributed by atoms with Crippen LogP contribution >= 0.6 is 15.9 Å². The number of nitrogens with one attached hydrogen (secondary N) is 1. The number of hydrogen-bond acceptors (Lipinski definition) is 2. The van der Waals surface area contributed by atoms with E-state index in [4.69, 9.17) is 0 Å². The van der Waals surface area contributed by atoms with Gasteiger partial charge in [0.1, 0.15) is 5.82 Å². The first-order valence-electron chi connectivity index (χ1n) is 5.49. The molecule has 1 saturated carbocycles. The van der Waals surface area contributed by atoms with Gasteiger partial charge in [-0.15, -0.1) is 0 Å². The Morgan fingerprint density at radius 2 is 2.07 bits per heavy atom. The molecule has 1 heterocycles. The average Bonchev–Trinajstić information content (AvgIpc) is 2.58. The number of halogens is 1. The van der Waals surface area contributed by atoms with Crippen LogP contribution in [0.15, 0.2) is 16.7 Å². The molecule has 0 atom stereocenters. The quantitative estimate of drug-likeness (QED) is 0.880. The predicted molar refractivity (Wildman–Crippen MR) is 67.2 cm³/mol. The van der Waals surface area contributed by atoms with Crippen molar-refractivity contribution in [3.05, 3.63) is 22.3 Å². The summed E-state index contributed by atoms with van der Waals surface area (Å²) in [6, 6.07) is 2.10. The van der Waals surface area contributed by atoms with E-state index in [-0.39, 0.29) is 5.54 Å². The lowest BCUT2D eigenvalue weighted by Gasteiger charge is -2.26. The first-order chi connectivity index (χ1) is 7.09. The van der Waals surface area contributed by atoms with Gasteiger partial charge < -0.3 is 5.32 Å². The fourth-order valence-corrected chi connectivity index (χ4v) is 2.75. The Kier molecular flexibility index (Phi) is 3.01. The maximum atomic E-state index is 4.43. The fraction of sp³-hybridized carbons (Fsp3) is 0.583. The van der Waals surface area contributed by atoms with Crippen LogP contribution in [0.2, 0.25) is 0 Å². The average molecular weight is 269 g/mol. The summed E-state index contributed by atoms with van der Waals surface area (Å²) in [6.07, 6.45) is 7.05. The molecule has 82 valence electrons. The van der Waals surface area contributed by atoms with Gasteiger partial charge in [-0.05, 0) is 54.2 Å². The van der Waals surface area contributed by atoms with E-state index in [2.05, 4.69) is 46.1 Å². The summed E-state index contributed by atoms with van der Waals surface area (Å²) < 4.78 is 1.07. The minimum absolute atomic E-state index is 0.241. The minimum atomic E-state index is 0.241. The maximum Gasteiger partial charge on any atom is 0.140 e. The standard InChI is InChI=1S/C12H17BrN2/c1-9-7-10(13)11(14-8-9)15-12(2)5-3-4-6-12/h7-8H,3-6H2,1-2H3,(H,14,15). The zero-order chi connectivity index (χ0) is 10.9. The van der Waals surface area contributed by atoms with E-state index < -0.39 is 0 Å². The summed E-state index contributed by atoms with van der Waals surface area (Å²) in [5, 5.41) is 3.55. The normalized spacial score (nSPS) is 19.1. The van der Waals surface area contributed by atoms with Crippen molar-refractivity contribution in [2.24, 2.45) is 0 Å². The lowest BCUT2D eigenvalue weighted by atomic mass is 10.0. The fourth-order valence-electron chi connectivity index (χ4n) is 2.19. The van der Waals surface area contributed by atoms with Gasteiger partial charge in [0.05, 0.1) is 4.47 Å². The highest BCUT2D eigenvalue weighted by Gasteiger charge is 2.29. The van der Waals surface area contributed by atoms with Crippen LogP contribution in [0.25, 0.3) is 0 Å². The molecule has 0 radical (unpaired) electrons. The molecule has 0 saturated heterocycles. The Bertz CT molecular complexity index is 357. The molecular formula is C12H17BrN2. The Morgan fingerprint density at radius 1 is 1.40 bits per heavy atom. The molecule has 0 amide bonds. The summed E-state index contributed by atoms with van der Waals surface area (Å²) in [6.45, 7) is 4.34. The summed E-state index contributed by atoms with van der Waals surface area (Å²) in [5.74, 6) is 0.977. The monoisotopic (exact) mass is 268 g/mol.